The van der Waals surface area contributed by atoms with Crippen molar-refractivity contribution in [3.05, 3.63) is 35.9 Å². The minimum atomic E-state index is -0.954. The Morgan fingerprint density at radius 3 is 2.27 bits per heavy atom. The molecular formula is C13H17O2. The maximum atomic E-state index is 10.6. The Kier molecular flexibility index (Phi) is 4.35. The summed E-state index contributed by atoms with van der Waals surface area (Å²) in [4.78, 5) is 10.6. The maximum Gasteiger partial charge on any atom is 0.355 e. The highest BCUT2D eigenvalue weighted by Crippen LogP contribution is 2.20. The molecule has 1 rings (SSSR count). The summed E-state index contributed by atoms with van der Waals surface area (Å²) in [5.74, 6) is -0.426. The van der Waals surface area contributed by atoms with Gasteiger partial charge in [-0.25, -0.2) is 9.90 Å². The molecule has 2 heteroatoms. The highest BCUT2D eigenvalue weighted by molar-refractivity contribution is 5.66. The lowest BCUT2D eigenvalue weighted by molar-refractivity contribution is -0.144. The van der Waals surface area contributed by atoms with Crippen molar-refractivity contribution in [2.24, 2.45) is 11.8 Å². The zero-order chi connectivity index (χ0) is 11.3. The predicted molar refractivity (Wildman–Crippen MR) is 58.8 cm³/mol. The van der Waals surface area contributed by atoms with Crippen molar-refractivity contribution in [2.45, 2.75) is 26.7 Å². The van der Waals surface area contributed by atoms with Crippen LogP contribution in [0.3, 0.4) is 0 Å². The largest absolute Gasteiger partial charge is 0.355 e. The fourth-order valence-electron chi connectivity index (χ4n) is 1.67. The first-order valence-corrected chi connectivity index (χ1v) is 5.33. The summed E-state index contributed by atoms with van der Waals surface area (Å²) in [6, 6.07) is 9.99. The van der Waals surface area contributed by atoms with Gasteiger partial charge in [0.05, 0.1) is 6.42 Å². The first-order valence-electron chi connectivity index (χ1n) is 5.33. The van der Waals surface area contributed by atoms with Gasteiger partial charge in [0.15, 0.2) is 0 Å². The molecule has 2 nitrogen and oxygen atoms in total. The van der Waals surface area contributed by atoms with Gasteiger partial charge in [-0.3, -0.25) is 0 Å². The molecule has 0 aliphatic rings. The Hall–Kier alpha value is -1.31. The first kappa shape index (κ1) is 11.8. The summed E-state index contributed by atoms with van der Waals surface area (Å²) in [5, 5.41) is 10.6. The van der Waals surface area contributed by atoms with Gasteiger partial charge in [0, 0.05) is 0 Å². The fourth-order valence-corrected chi connectivity index (χ4v) is 1.67. The number of carbonyl (C=O) groups is 1. The molecule has 1 aromatic rings. The van der Waals surface area contributed by atoms with Crippen LogP contribution in [0.4, 0.5) is 0 Å². The van der Waals surface area contributed by atoms with E-state index in [1.807, 2.05) is 30.3 Å². The van der Waals surface area contributed by atoms with Crippen molar-refractivity contribution in [3.63, 3.8) is 0 Å². The molecule has 1 aromatic carbocycles. The number of hydrogen-bond donors (Lipinski definition) is 0. The van der Waals surface area contributed by atoms with Crippen LogP contribution < -0.4 is 0 Å². The van der Waals surface area contributed by atoms with E-state index in [2.05, 4.69) is 13.8 Å². The molecule has 0 aliphatic carbocycles. The van der Waals surface area contributed by atoms with Crippen LogP contribution in [0.5, 0.6) is 0 Å². The Balaban J connectivity index is 2.63. The number of benzene rings is 1. The van der Waals surface area contributed by atoms with Crippen molar-refractivity contribution in [3.8, 4) is 0 Å². The molecule has 0 amide bonds. The highest BCUT2D eigenvalue weighted by atomic mass is 16.4. The third-order valence-electron chi connectivity index (χ3n) is 2.71. The fraction of sp³-hybridized carbons (Fsp3) is 0.462. The third-order valence-corrected chi connectivity index (χ3v) is 2.71. The summed E-state index contributed by atoms with van der Waals surface area (Å²) in [6.45, 7) is 4.10. The number of rotatable bonds is 5. The van der Waals surface area contributed by atoms with Gasteiger partial charge in [-0.15, -0.1) is 0 Å². The molecular weight excluding hydrogens is 188 g/mol. The van der Waals surface area contributed by atoms with Gasteiger partial charge >= 0.3 is 5.97 Å². The molecule has 81 valence electrons. The summed E-state index contributed by atoms with van der Waals surface area (Å²) in [5.41, 5.74) is 1.19. The third kappa shape index (κ3) is 4.15. The molecule has 0 bridgehead atoms. The Morgan fingerprint density at radius 2 is 1.80 bits per heavy atom. The molecule has 0 heterocycles. The van der Waals surface area contributed by atoms with E-state index in [9.17, 15) is 9.90 Å². The topological polar surface area (TPSA) is 37.0 Å². The van der Waals surface area contributed by atoms with E-state index in [0.29, 0.717) is 5.92 Å². The van der Waals surface area contributed by atoms with Crippen LogP contribution in [-0.2, 0) is 16.3 Å². The minimum Gasteiger partial charge on any atom is -0.247 e. The van der Waals surface area contributed by atoms with Gasteiger partial charge in [-0.05, 0) is 23.8 Å². The molecule has 1 unspecified atom stereocenters. The SMILES string of the molecule is CC(C)C(CC([O])=O)Cc1ccccc1. The zero-order valence-corrected chi connectivity index (χ0v) is 9.27. The molecule has 0 fully saturated rings. The second kappa shape index (κ2) is 5.54. The molecule has 0 N–H and O–H groups in total. The second-order valence-corrected chi connectivity index (χ2v) is 4.27. The van der Waals surface area contributed by atoms with Gasteiger partial charge in [0.1, 0.15) is 0 Å². The van der Waals surface area contributed by atoms with Crippen molar-refractivity contribution < 1.29 is 9.90 Å². The van der Waals surface area contributed by atoms with Crippen molar-refractivity contribution >= 4 is 5.97 Å². The van der Waals surface area contributed by atoms with Crippen LogP contribution in [0.1, 0.15) is 25.8 Å². The Labute approximate surface area is 90.9 Å². The molecule has 1 atom stereocenters. The lowest BCUT2D eigenvalue weighted by Crippen LogP contribution is -2.16. The zero-order valence-electron chi connectivity index (χ0n) is 9.27. The monoisotopic (exact) mass is 205 g/mol. The Bertz CT molecular complexity index is 304. The van der Waals surface area contributed by atoms with Crippen molar-refractivity contribution in [1.82, 2.24) is 0 Å². The van der Waals surface area contributed by atoms with Crippen LogP contribution in [0.2, 0.25) is 0 Å². The van der Waals surface area contributed by atoms with E-state index in [1.165, 1.54) is 5.56 Å². The van der Waals surface area contributed by atoms with E-state index in [0.717, 1.165) is 6.42 Å². The van der Waals surface area contributed by atoms with Gasteiger partial charge in [-0.1, -0.05) is 44.2 Å². The van der Waals surface area contributed by atoms with Crippen LogP contribution in [0, 0.1) is 11.8 Å². The molecule has 15 heavy (non-hydrogen) atoms. The summed E-state index contributed by atoms with van der Waals surface area (Å²) >= 11 is 0. The smallest absolute Gasteiger partial charge is 0.247 e. The molecule has 0 saturated heterocycles. The number of carbonyl (C=O) groups excluding carboxylic acids is 1. The van der Waals surface area contributed by atoms with Gasteiger partial charge in [0.2, 0.25) is 0 Å². The van der Waals surface area contributed by atoms with Gasteiger partial charge < -0.3 is 0 Å². The van der Waals surface area contributed by atoms with Crippen molar-refractivity contribution in [2.75, 3.05) is 0 Å². The van der Waals surface area contributed by atoms with Crippen LogP contribution in [-0.4, -0.2) is 5.97 Å². The van der Waals surface area contributed by atoms with Crippen LogP contribution in [0.25, 0.3) is 0 Å². The first-order chi connectivity index (χ1) is 7.09. The molecule has 0 saturated carbocycles. The average molecular weight is 205 g/mol. The second-order valence-electron chi connectivity index (χ2n) is 4.27. The highest BCUT2D eigenvalue weighted by Gasteiger charge is 2.18. The van der Waals surface area contributed by atoms with Crippen LogP contribution >= 0.6 is 0 Å². The van der Waals surface area contributed by atoms with Gasteiger partial charge in [-0.2, -0.15) is 0 Å². The van der Waals surface area contributed by atoms with Crippen LogP contribution in [0.15, 0.2) is 30.3 Å². The standard InChI is InChI=1S/C13H17O2/c1-10(2)12(9-13(14)15)8-11-6-4-3-5-7-11/h3-7,10,12H,8-9H2,1-2H3. The lowest BCUT2D eigenvalue weighted by atomic mass is 9.87. The van der Waals surface area contributed by atoms with E-state index in [-0.39, 0.29) is 12.3 Å². The minimum absolute atomic E-state index is 0.145. The molecule has 0 aromatic heterocycles. The van der Waals surface area contributed by atoms with E-state index >= 15 is 0 Å². The summed E-state index contributed by atoms with van der Waals surface area (Å²) in [6.07, 6.45) is 0.957. The normalized spacial score (nSPS) is 12.7. The Morgan fingerprint density at radius 1 is 1.20 bits per heavy atom. The van der Waals surface area contributed by atoms with E-state index < -0.39 is 5.97 Å². The van der Waals surface area contributed by atoms with E-state index in [1.54, 1.807) is 0 Å². The predicted octanol–water partition coefficient (Wildman–Crippen LogP) is 2.85. The molecule has 1 radical (unpaired) electrons. The quantitative estimate of drug-likeness (QED) is 0.728. The average Bonchev–Trinajstić information content (AvgIpc) is 2.17. The molecule has 0 aliphatic heterocycles. The maximum absolute atomic E-state index is 10.6. The summed E-state index contributed by atoms with van der Waals surface area (Å²) in [7, 11) is 0. The number of hydrogen-bond acceptors (Lipinski definition) is 1. The lowest BCUT2D eigenvalue weighted by Gasteiger charge is -2.18. The van der Waals surface area contributed by atoms with E-state index in [4.69, 9.17) is 0 Å². The molecule has 0 spiro atoms. The summed E-state index contributed by atoms with van der Waals surface area (Å²) < 4.78 is 0. The van der Waals surface area contributed by atoms with Crippen molar-refractivity contribution in [1.29, 1.82) is 0 Å². The van der Waals surface area contributed by atoms with Gasteiger partial charge in [0.25, 0.3) is 0 Å².